The molecular formula is C23H23NO4S. The first-order valence-electron chi connectivity index (χ1n) is 9.34. The second-order valence-electron chi connectivity index (χ2n) is 7.16. The summed E-state index contributed by atoms with van der Waals surface area (Å²) in [4.78, 5) is 38.9. The van der Waals surface area contributed by atoms with Crippen molar-refractivity contribution in [1.82, 2.24) is 4.90 Å². The molecular weight excluding hydrogens is 386 g/mol. The van der Waals surface area contributed by atoms with Crippen LogP contribution in [0.1, 0.15) is 46.8 Å². The Labute approximate surface area is 174 Å². The summed E-state index contributed by atoms with van der Waals surface area (Å²) in [6.07, 6.45) is 1.72. The molecule has 3 rings (SSSR count). The van der Waals surface area contributed by atoms with Crippen LogP contribution in [-0.2, 0) is 4.79 Å². The second kappa shape index (κ2) is 8.66. The zero-order chi connectivity index (χ0) is 21.1. The van der Waals surface area contributed by atoms with E-state index in [1.54, 1.807) is 37.5 Å². The number of Topliss-reactive ketones (excluding diaryl/α,β-unsaturated/α-hetero) is 1. The summed E-state index contributed by atoms with van der Waals surface area (Å²) in [5.74, 6) is 0.343. The first-order valence-corrected chi connectivity index (χ1v) is 10.2. The molecule has 2 amide bonds. The van der Waals surface area contributed by atoms with Gasteiger partial charge >= 0.3 is 0 Å². The molecule has 1 aliphatic heterocycles. The fraction of sp³-hybridized carbons (Fsp3) is 0.261. The van der Waals surface area contributed by atoms with Gasteiger partial charge in [-0.05, 0) is 59.5 Å². The van der Waals surface area contributed by atoms with Gasteiger partial charge in [-0.25, -0.2) is 0 Å². The third-order valence-electron chi connectivity index (χ3n) is 4.80. The molecule has 0 aromatic heterocycles. The molecule has 5 nitrogen and oxygen atoms in total. The van der Waals surface area contributed by atoms with Crippen molar-refractivity contribution in [3.05, 3.63) is 69.6 Å². The number of carbonyl (C=O) groups is 3. The Morgan fingerprint density at radius 3 is 2.48 bits per heavy atom. The van der Waals surface area contributed by atoms with Crippen LogP contribution in [-0.4, -0.2) is 35.5 Å². The van der Waals surface area contributed by atoms with E-state index in [1.165, 1.54) is 0 Å². The second-order valence-corrected chi connectivity index (χ2v) is 8.16. The lowest BCUT2D eigenvalue weighted by Gasteiger charge is -2.15. The van der Waals surface area contributed by atoms with Crippen molar-refractivity contribution >= 4 is 34.8 Å². The van der Waals surface area contributed by atoms with Crippen LogP contribution in [0, 0.1) is 6.92 Å². The number of benzene rings is 2. The number of amides is 2. The Morgan fingerprint density at radius 1 is 1.17 bits per heavy atom. The molecule has 1 saturated heterocycles. The standard InChI is InChI=1S/C23H23NO4S/c1-14(2)18-11-17(15(3)10-20(18)28-4)12-21-22(26)24(23(27)29-21)13-19(25)16-8-6-5-7-9-16/h5-12,14H,13H2,1-4H3/b21-12-. The Bertz CT molecular complexity index is 995. The number of hydrogen-bond donors (Lipinski definition) is 0. The topological polar surface area (TPSA) is 63.7 Å². The first-order chi connectivity index (χ1) is 13.8. The molecule has 29 heavy (non-hydrogen) atoms. The number of carbonyl (C=O) groups excluding carboxylic acids is 3. The molecule has 0 radical (unpaired) electrons. The molecule has 0 N–H and O–H groups in total. The zero-order valence-corrected chi connectivity index (χ0v) is 17.7. The van der Waals surface area contributed by atoms with E-state index in [9.17, 15) is 14.4 Å². The van der Waals surface area contributed by atoms with Crippen molar-refractivity contribution in [2.24, 2.45) is 0 Å². The van der Waals surface area contributed by atoms with E-state index < -0.39 is 11.1 Å². The summed E-state index contributed by atoms with van der Waals surface area (Å²) in [5, 5.41) is -0.430. The molecule has 0 aliphatic carbocycles. The van der Waals surface area contributed by atoms with Gasteiger partial charge < -0.3 is 4.74 Å². The molecule has 1 heterocycles. The molecule has 1 fully saturated rings. The third-order valence-corrected chi connectivity index (χ3v) is 5.71. The quantitative estimate of drug-likeness (QED) is 0.494. The van der Waals surface area contributed by atoms with Gasteiger partial charge in [-0.3, -0.25) is 19.3 Å². The maximum Gasteiger partial charge on any atom is 0.293 e. The van der Waals surface area contributed by atoms with Gasteiger partial charge in [0.2, 0.25) is 0 Å². The monoisotopic (exact) mass is 409 g/mol. The van der Waals surface area contributed by atoms with Crippen LogP contribution in [0.5, 0.6) is 5.75 Å². The number of ketones is 1. The SMILES string of the molecule is COc1cc(C)c(/C=C2\SC(=O)N(CC(=O)c3ccccc3)C2=O)cc1C(C)C. The van der Waals surface area contributed by atoms with E-state index in [4.69, 9.17) is 4.74 Å². The third kappa shape index (κ3) is 4.43. The van der Waals surface area contributed by atoms with Crippen molar-refractivity contribution in [2.75, 3.05) is 13.7 Å². The molecule has 0 atom stereocenters. The highest BCUT2D eigenvalue weighted by atomic mass is 32.2. The van der Waals surface area contributed by atoms with Crippen LogP contribution in [0.15, 0.2) is 47.4 Å². The van der Waals surface area contributed by atoms with Crippen LogP contribution in [0.2, 0.25) is 0 Å². The molecule has 0 unspecified atom stereocenters. The molecule has 2 aromatic carbocycles. The molecule has 0 bridgehead atoms. The van der Waals surface area contributed by atoms with E-state index in [1.807, 2.05) is 25.1 Å². The Hall–Kier alpha value is -2.86. The smallest absolute Gasteiger partial charge is 0.293 e. The lowest BCUT2D eigenvalue weighted by Crippen LogP contribution is -2.33. The van der Waals surface area contributed by atoms with E-state index >= 15 is 0 Å². The van der Waals surface area contributed by atoms with Crippen molar-refractivity contribution in [1.29, 1.82) is 0 Å². The van der Waals surface area contributed by atoms with Crippen molar-refractivity contribution in [3.8, 4) is 5.75 Å². The van der Waals surface area contributed by atoms with Crippen molar-refractivity contribution < 1.29 is 19.1 Å². The molecule has 1 aliphatic rings. The normalized spacial score (nSPS) is 15.5. The minimum Gasteiger partial charge on any atom is -0.496 e. The molecule has 0 spiro atoms. The summed E-state index contributed by atoms with van der Waals surface area (Å²) in [6, 6.07) is 12.6. The predicted octanol–water partition coefficient (Wildman–Crippen LogP) is 5.05. The van der Waals surface area contributed by atoms with Gasteiger partial charge in [0.15, 0.2) is 5.78 Å². The molecule has 0 saturated carbocycles. The van der Waals surface area contributed by atoms with E-state index in [-0.39, 0.29) is 18.2 Å². The average molecular weight is 410 g/mol. The van der Waals surface area contributed by atoms with Gasteiger partial charge in [-0.15, -0.1) is 0 Å². The fourth-order valence-electron chi connectivity index (χ4n) is 3.14. The number of rotatable bonds is 6. The maximum atomic E-state index is 12.8. The average Bonchev–Trinajstić information content (AvgIpc) is 2.96. The number of aryl methyl sites for hydroxylation is 1. The lowest BCUT2D eigenvalue weighted by molar-refractivity contribution is -0.122. The van der Waals surface area contributed by atoms with Gasteiger partial charge in [0, 0.05) is 5.56 Å². The minimum absolute atomic E-state index is 0.247. The van der Waals surface area contributed by atoms with Crippen LogP contribution < -0.4 is 4.74 Å². The van der Waals surface area contributed by atoms with Crippen LogP contribution in [0.3, 0.4) is 0 Å². The number of hydrogen-bond acceptors (Lipinski definition) is 5. The van der Waals surface area contributed by atoms with Gasteiger partial charge in [-0.2, -0.15) is 0 Å². The molecule has 2 aromatic rings. The predicted molar refractivity (Wildman–Crippen MR) is 115 cm³/mol. The Balaban J connectivity index is 1.87. The van der Waals surface area contributed by atoms with Gasteiger partial charge in [0.25, 0.3) is 11.1 Å². The van der Waals surface area contributed by atoms with Crippen LogP contribution in [0.25, 0.3) is 6.08 Å². The highest BCUT2D eigenvalue weighted by Crippen LogP contribution is 2.35. The highest BCUT2D eigenvalue weighted by Gasteiger charge is 2.36. The van der Waals surface area contributed by atoms with E-state index in [2.05, 4.69) is 13.8 Å². The largest absolute Gasteiger partial charge is 0.496 e. The number of nitrogens with zero attached hydrogens (tertiary/aromatic N) is 1. The van der Waals surface area contributed by atoms with Crippen LogP contribution in [0.4, 0.5) is 4.79 Å². The highest BCUT2D eigenvalue weighted by molar-refractivity contribution is 8.18. The zero-order valence-electron chi connectivity index (χ0n) is 16.9. The molecule has 6 heteroatoms. The summed E-state index contributed by atoms with van der Waals surface area (Å²) < 4.78 is 5.46. The maximum absolute atomic E-state index is 12.8. The number of thioether (sulfide) groups is 1. The van der Waals surface area contributed by atoms with Crippen molar-refractivity contribution in [3.63, 3.8) is 0 Å². The van der Waals surface area contributed by atoms with Gasteiger partial charge in [0.1, 0.15) is 5.75 Å². The number of methoxy groups -OCH3 is 1. The summed E-state index contributed by atoms with van der Waals surface area (Å²) in [7, 11) is 1.63. The van der Waals surface area contributed by atoms with Crippen molar-refractivity contribution in [2.45, 2.75) is 26.7 Å². The molecule has 150 valence electrons. The van der Waals surface area contributed by atoms with E-state index in [0.717, 1.165) is 39.1 Å². The number of ether oxygens (including phenoxy) is 1. The summed E-state index contributed by atoms with van der Waals surface area (Å²) >= 11 is 0.862. The minimum atomic E-state index is -0.439. The lowest BCUT2D eigenvalue weighted by atomic mass is 9.96. The number of imide groups is 1. The van der Waals surface area contributed by atoms with Gasteiger partial charge in [-0.1, -0.05) is 44.2 Å². The Kier molecular flexibility index (Phi) is 6.23. The fourth-order valence-corrected chi connectivity index (χ4v) is 3.96. The van der Waals surface area contributed by atoms with Gasteiger partial charge in [0.05, 0.1) is 18.6 Å². The summed E-state index contributed by atoms with van der Waals surface area (Å²) in [5.41, 5.74) is 3.30. The summed E-state index contributed by atoms with van der Waals surface area (Å²) in [6.45, 7) is 5.81. The van der Waals surface area contributed by atoms with Crippen LogP contribution >= 0.6 is 11.8 Å². The Morgan fingerprint density at radius 2 is 1.86 bits per heavy atom. The van der Waals surface area contributed by atoms with E-state index in [0.29, 0.717) is 10.5 Å². The first kappa shape index (κ1) is 20.9.